The van der Waals surface area contributed by atoms with Crippen LogP contribution in [0.5, 0.6) is 0 Å². The van der Waals surface area contributed by atoms with Gasteiger partial charge in [-0.3, -0.25) is 14.6 Å². The molecule has 46 heavy (non-hydrogen) atoms. The zero-order chi connectivity index (χ0) is 32.8. The van der Waals surface area contributed by atoms with Gasteiger partial charge in [-0.2, -0.15) is 18.2 Å². The van der Waals surface area contributed by atoms with E-state index in [1.54, 1.807) is 6.92 Å². The minimum Gasteiger partial charge on any atom is -0.437 e. The summed E-state index contributed by atoms with van der Waals surface area (Å²) < 4.78 is 64.8. The van der Waals surface area contributed by atoms with Crippen molar-refractivity contribution in [3.8, 4) is 22.5 Å². The van der Waals surface area contributed by atoms with Gasteiger partial charge in [0.25, 0.3) is 11.8 Å². The quantitative estimate of drug-likeness (QED) is 0.180. The van der Waals surface area contributed by atoms with E-state index in [9.17, 15) is 27.2 Å². The highest BCUT2D eigenvalue weighted by molar-refractivity contribution is 6.11. The van der Waals surface area contributed by atoms with Crippen LogP contribution in [0.4, 0.5) is 17.6 Å². The second-order valence-corrected chi connectivity index (χ2v) is 11.4. The number of carbonyl (C=O) groups excluding carboxylic acids is 2. The predicted octanol–water partition coefficient (Wildman–Crippen LogP) is 6.30. The van der Waals surface area contributed by atoms with Crippen LogP contribution in [0.1, 0.15) is 64.1 Å². The molecule has 6 rings (SSSR count). The van der Waals surface area contributed by atoms with Crippen LogP contribution >= 0.6 is 0 Å². The summed E-state index contributed by atoms with van der Waals surface area (Å²) >= 11 is 0. The highest BCUT2D eigenvalue weighted by Gasteiger charge is 2.47. The van der Waals surface area contributed by atoms with Crippen LogP contribution in [0, 0.1) is 18.7 Å². The Morgan fingerprint density at radius 1 is 1.04 bits per heavy atom. The lowest BCUT2D eigenvalue weighted by atomic mass is 9.93. The maximum absolute atomic E-state index is 13.7. The summed E-state index contributed by atoms with van der Waals surface area (Å²) in [5.74, 6) is -1.04. The van der Waals surface area contributed by atoms with Crippen molar-refractivity contribution >= 4 is 22.9 Å². The van der Waals surface area contributed by atoms with Crippen LogP contribution in [-0.2, 0) is 12.0 Å². The Kier molecular flexibility index (Phi) is 7.82. The number of aromatic nitrogens is 4. The van der Waals surface area contributed by atoms with Crippen LogP contribution in [0.3, 0.4) is 0 Å². The van der Waals surface area contributed by atoms with Crippen molar-refractivity contribution in [1.29, 1.82) is 0 Å². The molecule has 4 heterocycles. The third-order valence-corrected chi connectivity index (χ3v) is 8.20. The first-order chi connectivity index (χ1) is 21.9. The lowest BCUT2D eigenvalue weighted by molar-refractivity contribution is -0.134. The summed E-state index contributed by atoms with van der Waals surface area (Å²) in [5, 5.41) is 9.73. The van der Waals surface area contributed by atoms with E-state index in [-0.39, 0.29) is 45.2 Å². The van der Waals surface area contributed by atoms with Crippen molar-refractivity contribution in [3.63, 3.8) is 0 Å². The average molecular weight is 637 g/mol. The van der Waals surface area contributed by atoms with Crippen LogP contribution < -0.4 is 10.6 Å². The van der Waals surface area contributed by atoms with Gasteiger partial charge < -0.3 is 19.6 Å². The molecule has 1 saturated carbocycles. The molecule has 1 aliphatic carbocycles. The first-order valence-electron chi connectivity index (χ1n) is 14.5. The molecule has 14 heteroatoms. The number of fused-ring (bicyclic) bond motifs is 1. The maximum atomic E-state index is 13.7. The van der Waals surface area contributed by atoms with Gasteiger partial charge in [-0.15, -0.1) is 0 Å². The van der Waals surface area contributed by atoms with Gasteiger partial charge in [0.05, 0.1) is 27.9 Å². The van der Waals surface area contributed by atoms with Crippen molar-refractivity contribution in [1.82, 2.24) is 30.7 Å². The fourth-order valence-electron chi connectivity index (χ4n) is 5.53. The Hall–Kier alpha value is -5.14. The molecular formula is C32H28F4N6O4. The summed E-state index contributed by atoms with van der Waals surface area (Å²) in [7, 11) is 1.42. The number of benzene rings is 1. The molecule has 1 unspecified atom stereocenters. The Labute approximate surface area is 259 Å². The molecular weight excluding hydrogens is 608 g/mol. The molecule has 0 bridgehead atoms. The number of furan rings is 1. The van der Waals surface area contributed by atoms with Crippen molar-refractivity contribution < 1.29 is 36.1 Å². The Bertz CT molecular complexity index is 1940. The molecule has 1 aromatic carbocycles. The number of alkyl halides is 3. The molecule has 2 amide bonds. The summed E-state index contributed by atoms with van der Waals surface area (Å²) in [5.41, 5.74) is 0.580. The number of halogens is 4. The topological polar surface area (TPSA) is 136 Å². The first kappa shape index (κ1) is 30.9. The molecule has 5 aromatic rings. The summed E-state index contributed by atoms with van der Waals surface area (Å²) in [6.07, 6.45) is -1.84. The Balaban J connectivity index is 1.48. The van der Waals surface area contributed by atoms with Gasteiger partial charge in [-0.05, 0) is 75.4 Å². The fourth-order valence-corrected chi connectivity index (χ4v) is 5.53. The molecule has 0 saturated heterocycles. The number of pyridine rings is 2. The van der Waals surface area contributed by atoms with Crippen molar-refractivity contribution in [3.05, 3.63) is 83.1 Å². The Morgan fingerprint density at radius 3 is 2.41 bits per heavy atom. The van der Waals surface area contributed by atoms with E-state index in [0.29, 0.717) is 22.6 Å². The number of rotatable bonds is 9. The molecule has 1 aliphatic rings. The number of carbonyl (C=O) groups is 2. The summed E-state index contributed by atoms with van der Waals surface area (Å²) in [6.45, 7) is 3.45. The van der Waals surface area contributed by atoms with Crippen LogP contribution in [0.2, 0.25) is 0 Å². The molecule has 0 aliphatic heterocycles. The largest absolute Gasteiger partial charge is 0.437 e. The minimum atomic E-state index is -4.48. The van der Waals surface area contributed by atoms with Crippen molar-refractivity contribution in [2.45, 2.75) is 51.2 Å². The molecule has 4 aromatic heterocycles. The normalized spacial score (nSPS) is 14.7. The smallest absolute Gasteiger partial charge is 0.389 e. The third-order valence-electron chi connectivity index (χ3n) is 8.20. The van der Waals surface area contributed by atoms with Gasteiger partial charge in [-0.25, -0.2) is 9.37 Å². The SMILES string of the molecule is CNC(=O)c1c(-c2ccc(F)cc2)oc2nc(CCC(F)(F)F)c(-c3cnc(C)c(C(=O)NC(C)(c4ncon4)C4CC4)c3)cc12. The number of hydrogen-bond donors (Lipinski definition) is 2. The fraction of sp³-hybridized carbons (Fsp3) is 0.312. The molecule has 1 atom stereocenters. The standard InChI is InChI=1S/C32H28F4N6O4/c1-16-21(27(43)41-31(2,19-6-7-19)30-39-15-45-42-30)12-18(14-38-16)22-13-23-25(28(44)37-3)26(17-4-8-20(33)9-5-17)46-29(23)40-24(22)10-11-32(34,35)36/h4-5,8-9,12-15,19H,6-7,10-11H2,1-3H3,(H,37,44)(H,41,43). The molecule has 2 N–H and O–H groups in total. The van der Waals surface area contributed by atoms with Crippen LogP contribution in [-0.4, -0.2) is 45.1 Å². The van der Waals surface area contributed by atoms with E-state index >= 15 is 0 Å². The zero-order valence-electron chi connectivity index (χ0n) is 25.0. The van der Waals surface area contributed by atoms with Crippen LogP contribution in [0.15, 0.2) is 57.9 Å². The van der Waals surface area contributed by atoms with Crippen molar-refractivity contribution in [2.24, 2.45) is 5.92 Å². The highest BCUT2D eigenvalue weighted by Crippen LogP contribution is 2.45. The molecule has 238 valence electrons. The number of amides is 2. The number of aryl methyl sites for hydroxylation is 2. The van der Waals surface area contributed by atoms with Crippen molar-refractivity contribution in [2.75, 3.05) is 7.05 Å². The molecule has 0 spiro atoms. The number of nitrogens with zero attached hydrogens (tertiary/aromatic N) is 4. The van der Waals surface area contributed by atoms with E-state index in [4.69, 9.17) is 8.94 Å². The zero-order valence-corrected chi connectivity index (χ0v) is 25.0. The van der Waals surface area contributed by atoms with Gasteiger partial charge in [-0.1, -0.05) is 5.16 Å². The summed E-state index contributed by atoms with van der Waals surface area (Å²) in [6, 6.07) is 8.27. The minimum absolute atomic E-state index is 0.0271. The van der Waals surface area contributed by atoms with E-state index < -0.39 is 42.2 Å². The van der Waals surface area contributed by atoms with E-state index in [1.165, 1.54) is 56.0 Å². The van der Waals surface area contributed by atoms with Gasteiger partial charge in [0.1, 0.15) is 17.1 Å². The lowest BCUT2D eigenvalue weighted by Gasteiger charge is -2.28. The first-order valence-corrected chi connectivity index (χ1v) is 14.5. The van der Waals surface area contributed by atoms with E-state index in [0.717, 1.165) is 12.8 Å². The lowest BCUT2D eigenvalue weighted by Crippen LogP contribution is -2.46. The molecule has 0 radical (unpaired) electrons. The average Bonchev–Trinajstić information content (AvgIpc) is 3.61. The summed E-state index contributed by atoms with van der Waals surface area (Å²) in [4.78, 5) is 39.8. The van der Waals surface area contributed by atoms with Gasteiger partial charge in [0.2, 0.25) is 12.1 Å². The van der Waals surface area contributed by atoms with Gasteiger partial charge >= 0.3 is 6.18 Å². The maximum Gasteiger partial charge on any atom is 0.389 e. The molecule has 1 fully saturated rings. The van der Waals surface area contributed by atoms with Gasteiger partial charge in [0.15, 0.2) is 5.82 Å². The van der Waals surface area contributed by atoms with Gasteiger partial charge in [0, 0.05) is 36.4 Å². The van der Waals surface area contributed by atoms with E-state index in [2.05, 4.69) is 30.7 Å². The Morgan fingerprint density at radius 2 is 1.78 bits per heavy atom. The molecule has 10 nitrogen and oxygen atoms in total. The number of hydrogen-bond acceptors (Lipinski definition) is 8. The van der Waals surface area contributed by atoms with E-state index in [1.807, 2.05) is 6.92 Å². The highest BCUT2D eigenvalue weighted by atomic mass is 19.4. The van der Waals surface area contributed by atoms with Crippen LogP contribution in [0.25, 0.3) is 33.6 Å². The number of nitrogens with one attached hydrogen (secondary N) is 2. The second kappa shape index (κ2) is 11.7. The second-order valence-electron chi connectivity index (χ2n) is 11.4. The monoisotopic (exact) mass is 636 g/mol. The third kappa shape index (κ3) is 5.94. The predicted molar refractivity (Wildman–Crippen MR) is 157 cm³/mol.